The molecule has 0 fully saturated rings. The van der Waals surface area contributed by atoms with E-state index >= 15 is 0 Å². The molecule has 0 unspecified atom stereocenters. The summed E-state index contributed by atoms with van der Waals surface area (Å²) < 4.78 is 5.69. The molecule has 2 nitrogen and oxygen atoms in total. The number of allylic oxidation sites excluding steroid dienone is 2. The van der Waals surface area contributed by atoms with E-state index in [2.05, 4.69) is 19.9 Å². The third-order valence-electron chi connectivity index (χ3n) is 3.10. The van der Waals surface area contributed by atoms with Crippen molar-refractivity contribution in [3.8, 4) is 11.5 Å². The Morgan fingerprint density at radius 3 is 2.68 bits per heavy atom. The van der Waals surface area contributed by atoms with Gasteiger partial charge in [0.25, 0.3) is 0 Å². The first-order valence-corrected chi connectivity index (χ1v) is 6.63. The van der Waals surface area contributed by atoms with Crippen LogP contribution in [0.1, 0.15) is 26.3 Å². The molecular formula is C17H20O2. The second-order valence-electron chi connectivity index (χ2n) is 4.84. The fourth-order valence-electron chi connectivity index (χ4n) is 2.20. The molecule has 1 N–H and O–H groups in total. The molecule has 100 valence electrons. The Morgan fingerprint density at radius 2 is 2.00 bits per heavy atom. The normalized spacial score (nSPS) is 10.5. The molecule has 0 amide bonds. The van der Waals surface area contributed by atoms with Crippen LogP contribution in [0.3, 0.4) is 0 Å². The van der Waals surface area contributed by atoms with Crippen LogP contribution in [0.2, 0.25) is 0 Å². The minimum Gasteiger partial charge on any atom is -0.508 e. The van der Waals surface area contributed by atoms with Gasteiger partial charge in [0, 0.05) is 10.9 Å². The molecule has 0 aromatic heterocycles. The van der Waals surface area contributed by atoms with Gasteiger partial charge >= 0.3 is 0 Å². The predicted octanol–water partition coefficient (Wildman–Crippen LogP) is 4.45. The molecule has 0 atom stereocenters. The Balaban J connectivity index is 2.64. The van der Waals surface area contributed by atoms with E-state index in [-0.39, 0.29) is 0 Å². The summed E-state index contributed by atoms with van der Waals surface area (Å²) in [7, 11) is 0. The maximum Gasteiger partial charge on any atom is 0.127 e. The number of hydrogen-bond donors (Lipinski definition) is 1. The van der Waals surface area contributed by atoms with Gasteiger partial charge in [-0.1, -0.05) is 29.8 Å². The van der Waals surface area contributed by atoms with E-state index in [0.717, 1.165) is 28.5 Å². The summed E-state index contributed by atoms with van der Waals surface area (Å²) in [5, 5.41) is 12.2. The summed E-state index contributed by atoms with van der Waals surface area (Å²) >= 11 is 0. The van der Waals surface area contributed by atoms with Gasteiger partial charge in [0.05, 0.1) is 6.61 Å². The van der Waals surface area contributed by atoms with Gasteiger partial charge < -0.3 is 9.84 Å². The summed E-state index contributed by atoms with van der Waals surface area (Å²) in [5.41, 5.74) is 2.17. The van der Waals surface area contributed by atoms with Crippen LogP contribution in [0.4, 0.5) is 0 Å². The molecule has 2 aromatic rings. The number of rotatable bonds is 4. The number of fused-ring (bicyclic) bond motifs is 1. The van der Waals surface area contributed by atoms with Crippen LogP contribution in [0.25, 0.3) is 10.8 Å². The Labute approximate surface area is 114 Å². The van der Waals surface area contributed by atoms with E-state index < -0.39 is 0 Å². The van der Waals surface area contributed by atoms with Gasteiger partial charge in [-0.3, -0.25) is 0 Å². The Bertz CT molecular complexity index is 608. The molecule has 0 spiro atoms. The third kappa shape index (κ3) is 2.90. The average Bonchev–Trinajstić information content (AvgIpc) is 2.38. The number of phenolic OH excluding ortho intramolecular Hbond substituents is 1. The Kier molecular flexibility index (Phi) is 4.10. The van der Waals surface area contributed by atoms with Crippen molar-refractivity contribution in [2.75, 3.05) is 6.61 Å². The first kappa shape index (κ1) is 13.5. The lowest BCUT2D eigenvalue weighted by atomic mass is 9.99. The summed E-state index contributed by atoms with van der Waals surface area (Å²) in [6.07, 6.45) is 2.84. The molecule has 0 heterocycles. The lowest BCUT2D eigenvalue weighted by Gasteiger charge is -2.12. The minimum absolute atomic E-state index is 0.331. The van der Waals surface area contributed by atoms with Gasteiger partial charge in [0.15, 0.2) is 0 Å². The topological polar surface area (TPSA) is 29.5 Å². The first-order valence-electron chi connectivity index (χ1n) is 6.63. The zero-order valence-corrected chi connectivity index (χ0v) is 11.7. The Hall–Kier alpha value is -1.96. The highest BCUT2D eigenvalue weighted by Crippen LogP contribution is 2.34. The maximum absolute atomic E-state index is 10.1. The lowest BCUT2D eigenvalue weighted by Crippen LogP contribution is -1.95. The van der Waals surface area contributed by atoms with E-state index in [1.807, 2.05) is 31.2 Å². The minimum atomic E-state index is 0.331. The number of benzene rings is 2. The third-order valence-corrected chi connectivity index (χ3v) is 3.10. The SMILES string of the molecule is CCOc1cccc2ccc(O)c(CC=C(C)C)c12. The summed E-state index contributed by atoms with van der Waals surface area (Å²) in [6.45, 7) is 6.71. The van der Waals surface area contributed by atoms with Gasteiger partial charge in [-0.2, -0.15) is 0 Å². The van der Waals surface area contributed by atoms with E-state index in [4.69, 9.17) is 4.74 Å². The standard InChI is InChI=1S/C17H20O2/c1-4-19-16-7-5-6-13-9-11-15(18)14(17(13)16)10-8-12(2)3/h5-9,11,18H,4,10H2,1-3H3. The van der Waals surface area contributed by atoms with Gasteiger partial charge in [-0.05, 0) is 44.7 Å². The van der Waals surface area contributed by atoms with Crippen LogP contribution in [0.5, 0.6) is 11.5 Å². The van der Waals surface area contributed by atoms with Gasteiger partial charge in [0.2, 0.25) is 0 Å². The number of ether oxygens (including phenoxy) is 1. The highest BCUT2D eigenvalue weighted by Gasteiger charge is 2.10. The molecule has 2 heteroatoms. The van der Waals surface area contributed by atoms with Crippen molar-refractivity contribution in [2.24, 2.45) is 0 Å². The van der Waals surface area contributed by atoms with E-state index in [0.29, 0.717) is 12.4 Å². The van der Waals surface area contributed by atoms with Gasteiger partial charge in [-0.25, -0.2) is 0 Å². The number of aromatic hydroxyl groups is 1. The first-order chi connectivity index (χ1) is 9.13. The zero-order chi connectivity index (χ0) is 13.8. The Morgan fingerprint density at radius 1 is 1.21 bits per heavy atom. The fraction of sp³-hybridized carbons (Fsp3) is 0.294. The molecule has 0 aliphatic rings. The summed E-state index contributed by atoms with van der Waals surface area (Å²) in [5.74, 6) is 1.17. The van der Waals surface area contributed by atoms with E-state index in [9.17, 15) is 5.11 Å². The lowest BCUT2D eigenvalue weighted by molar-refractivity contribution is 0.344. The van der Waals surface area contributed by atoms with Crippen LogP contribution in [0, 0.1) is 0 Å². The molecular weight excluding hydrogens is 236 g/mol. The van der Waals surface area contributed by atoms with Crippen LogP contribution in [-0.2, 0) is 6.42 Å². The van der Waals surface area contributed by atoms with Crippen molar-refractivity contribution in [1.82, 2.24) is 0 Å². The average molecular weight is 256 g/mol. The molecule has 0 saturated heterocycles. The number of phenols is 1. The summed E-state index contributed by atoms with van der Waals surface area (Å²) in [4.78, 5) is 0. The molecule has 0 aliphatic carbocycles. The van der Waals surface area contributed by atoms with Crippen molar-refractivity contribution < 1.29 is 9.84 Å². The van der Waals surface area contributed by atoms with Gasteiger partial charge in [-0.15, -0.1) is 0 Å². The van der Waals surface area contributed by atoms with Crippen LogP contribution in [0.15, 0.2) is 42.0 Å². The van der Waals surface area contributed by atoms with E-state index in [1.54, 1.807) is 6.07 Å². The fourth-order valence-corrected chi connectivity index (χ4v) is 2.20. The molecule has 19 heavy (non-hydrogen) atoms. The second kappa shape index (κ2) is 5.79. The molecule has 0 bridgehead atoms. The van der Waals surface area contributed by atoms with Crippen LogP contribution in [-0.4, -0.2) is 11.7 Å². The monoisotopic (exact) mass is 256 g/mol. The molecule has 2 aromatic carbocycles. The van der Waals surface area contributed by atoms with Crippen molar-refractivity contribution in [3.63, 3.8) is 0 Å². The van der Waals surface area contributed by atoms with Crippen LogP contribution < -0.4 is 4.74 Å². The molecule has 0 saturated carbocycles. The zero-order valence-electron chi connectivity index (χ0n) is 11.7. The highest BCUT2D eigenvalue weighted by atomic mass is 16.5. The van der Waals surface area contributed by atoms with Gasteiger partial charge in [0.1, 0.15) is 11.5 Å². The second-order valence-corrected chi connectivity index (χ2v) is 4.84. The molecule has 2 rings (SSSR count). The largest absolute Gasteiger partial charge is 0.508 e. The van der Waals surface area contributed by atoms with E-state index in [1.165, 1.54) is 5.57 Å². The quantitative estimate of drug-likeness (QED) is 0.819. The van der Waals surface area contributed by atoms with Crippen molar-refractivity contribution in [3.05, 3.63) is 47.5 Å². The van der Waals surface area contributed by atoms with Crippen molar-refractivity contribution in [2.45, 2.75) is 27.2 Å². The molecule has 0 aliphatic heterocycles. The number of hydrogen-bond acceptors (Lipinski definition) is 2. The van der Waals surface area contributed by atoms with Crippen molar-refractivity contribution in [1.29, 1.82) is 0 Å². The van der Waals surface area contributed by atoms with Crippen molar-refractivity contribution >= 4 is 10.8 Å². The smallest absolute Gasteiger partial charge is 0.127 e. The maximum atomic E-state index is 10.1. The van der Waals surface area contributed by atoms with Crippen LogP contribution >= 0.6 is 0 Å². The summed E-state index contributed by atoms with van der Waals surface area (Å²) in [6, 6.07) is 9.67. The molecule has 0 radical (unpaired) electrons. The predicted molar refractivity (Wildman–Crippen MR) is 79.9 cm³/mol. The highest BCUT2D eigenvalue weighted by molar-refractivity contribution is 5.93.